The van der Waals surface area contributed by atoms with E-state index in [1.165, 1.54) is 7.11 Å². The molecule has 0 amide bonds. The molecule has 0 radical (unpaired) electrons. The van der Waals surface area contributed by atoms with E-state index in [4.69, 9.17) is 22.1 Å². The minimum absolute atomic E-state index is 0.259. The van der Waals surface area contributed by atoms with Gasteiger partial charge in [-0.2, -0.15) is 0 Å². The molecule has 0 heterocycles. The van der Waals surface area contributed by atoms with Gasteiger partial charge < -0.3 is 15.6 Å². The van der Waals surface area contributed by atoms with Crippen LogP contribution in [0.25, 0.3) is 0 Å². The van der Waals surface area contributed by atoms with Gasteiger partial charge in [-0.3, -0.25) is 0 Å². The van der Waals surface area contributed by atoms with Gasteiger partial charge in [0.2, 0.25) is 0 Å². The summed E-state index contributed by atoms with van der Waals surface area (Å²) in [6, 6.07) is 7.12. The molecule has 0 aliphatic carbocycles. The van der Waals surface area contributed by atoms with Crippen molar-refractivity contribution < 1.29 is 9.84 Å². The maximum Gasteiger partial charge on any atom is 0.0927 e. The summed E-state index contributed by atoms with van der Waals surface area (Å²) in [5, 5.41) is 10.3. The summed E-state index contributed by atoms with van der Waals surface area (Å²) in [7, 11) is 1.54. The van der Waals surface area contributed by atoms with Gasteiger partial charge >= 0.3 is 0 Å². The van der Waals surface area contributed by atoms with Crippen LogP contribution in [0.4, 0.5) is 0 Å². The van der Waals surface area contributed by atoms with Crippen LogP contribution in [-0.4, -0.2) is 31.0 Å². The van der Waals surface area contributed by atoms with Crippen molar-refractivity contribution in [1.82, 2.24) is 0 Å². The smallest absolute Gasteiger partial charge is 0.0927 e. The highest BCUT2D eigenvalue weighted by Crippen LogP contribution is 2.11. The number of aliphatic hydroxyl groups is 1. The summed E-state index contributed by atoms with van der Waals surface area (Å²) < 4.78 is 4.83. The molecule has 0 saturated heterocycles. The van der Waals surface area contributed by atoms with Crippen LogP contribution in [0.5, 0.6) is 0 Å². The molecule has 0 aliphatic rings. The van der Waals surface area contributed by atoms with Crippen LogP contribution in [0.15, 0.2) is 24.3 Å². The molecule has 1 aromatic carbocycles. The molecule has 1 aromatic rings. The summed E-state index contributed by atoms with van der Waals surface area (Å²) in [4.78, 5) is 0. The second-order valence-corrected chi connectivity index (χ2v) is 3.95. The monoisotopic (exact) mass is 229 g/mol. The first-order chi connectivity index (χ1) is 7.13. The topological polar surface area (TPSA) is 55.5 Å². The number of hydrogen-bond acceptors (Lipinski definition) is 3. The van der Waals surface area contributed by atoms with Crippen molar-refractivity contribution in [2.75, 3.05) is 13.7 Å². The zero-order chi connectivity index (χ0) is 11.3. The summed E-state index contributed by atoms with van der Waals surface area (Å²) in [6.45, 7) is 0.259. The van der Waals surface area contributed by atoms with Gasteiger partial charge in [0, 0.05) is 18.2 Å². The molecule has 0 aliphatic heterocycles. The molecule has 2 atom stereocenters. The molecule has 3 nitrogen and oxygen atoms in total. The van der Waals surface area contributed by atoms with E-state index < -0.39 is 6.10 Å². The lowest BCUT2D eigenvalue weighted by molar-refractivity contribution is 0.0480. The predicted octanol–water partition coefficient (Wildman–Crippen LogP) is 1.22. The molecule has 1 rings (SSSR count). The van der Waals surface area contributed by atoms with Crippen molar-refractivity contribution in [3.63, 3.8) is 0 Å². The van der Waals surface area contributed by atoms with E-state index in [1.54, 1.807) is 0 Å². The van der Waals surface area contributed by atoms with Crippen LogP contribution in [0.1, 0.15) is 5.56 Å². The first kappa shape index (κ1) is 12.5. The predicted molar refractivity (Wildman–Crippen MR) is 61.0 cm³/mol. The Labute approximate surface area is 94.8 Å². The number of benzene rings is 1. The Kier molecular flexibility index (Phi) is 5.05. The second kappa shape index (κ2) is 6.08. The normalized spacial score (nSPS) is 14.9. The Bertz CT molecular complexity index is 289. The number of halogens is 1. The average molecular weight is 230 g/mol. The van der Waals surface area contributed by atoms with Gasteiger partial charge in [0.1, 0.15) is 0 Å². The Balaban J connectivity index is 2.50. The fourth-order valence-electron chi connectivity index (χ4n) is 1.32. The highest BCUT2D eigenvalue weighted by molar-refractivity contribution is 6.30. The van der Waals surface area contributed by atoms with Gasteiger partial charge in [-0.15, -0.1) is 0 Å². The molecule has 0 aromatic heterocycles. The minimum Gasteiger partial charge on any atom is -0.389 e. The Morgan fingerprint density at radius 2 is 2.00 bits per heavy atom. The lowest BCUT2D eigenvalue weighted by Gasteiger charge is -2.17. The number of hydrogen-bond donors (Lipinski definition) is 2. The van der Waals surface area contributed by atoms with E-state index in [9.17, 15) is 5.11 Å². The number of aliphatic hydroxyl groups excluding tert-OH is 1. The van der Waals surface area contributed by atoms with Crippen molar-refractivity contribution in [2.45, 2.75) is 18.6 Å². The zero-order valence-electron chi connectivity index (χ0n) is 8.69. The third-order valence-electron chi connectivity index (χ3n) is 2.22. The lowest BCUT2D eigenvalue weighted by atomic mass is 10.0. The van der Waals surface area contributed by atoms with E-state index >= 15 is 0 Å². The first-order valence-corrected chi connectivity index (χ1v) is 5.18. The van der Waals surface area contributed by atoms with Crippen molar-refractivity contribution >= 4 is 11.6 Å². The number of methoxy groups -OCH3 is 1. The van der Waals surface area contributed by atoms with Gasteiger partial charge in [-0.05, 0) is 24.1 Å². The third kappa shape index (κ3) is 4.18. The Morgan fingerprint density at radius 3 is 2.53 bits per heavy atom. The van der Waals surface area contributed by atoms with Crippen LogP contribution < -0.4 is 5.73 Å². The van der Waals surface area contributed by atoms with Crippen molar-refractivity contribution in [3.8, 4) is 0 Å². The van der Waals surface area contributed by atoms with E-state index in [0.717, 1.165) is 5.56 Å². The Morgan fingerprint density at radius 1 is 1.40 bits per heavy atom. The number of ether oxygens (including phenoxy) is 1. The maximum atomic E-state index is 9.56. The van der Waals surface area contributed by atoms with Crippen molar-refractivity contribution in [1.29, 1.82) is 0 Å². The number of nitrogens with two attached hydrogens (primary N) is 1. The second-order valence-electron chi connectivity index (χ2n) is 3.52. The fraction of sp³-hybridized carbons (Fsp3) is 0.455. The van der Waals surface area contributed by atoms with E-state index in [0.29, 0.717) is 11.4 Å². The molecule has 0 fully saturated rings. The van der Waals surface area contributed by atoms with Crippen molar-refractivity contribution in [3.05, 3.63) is 34.9 Å². The summed E-state index contributed by atoms with van der Waals surface area (Å²) in [5.41, 5.74) is 6.87. The van der Waals surface area contributed by atoms with Crippen LogP contribution in [0.3, 0.4) is 0 Å². The van der Waals surface area contributed by atoms with Gasteiger partial charge in [0.05, 0.1) is 12.7 Å². The van der Waals surface area contributed by atoms with E-state index in [1.807, 2.05) is 24.3 Å². The molecule has 84 valence electrons. The third-order valence-corrected chi connectivity index (χ3v) is 2.47. The summed E-state index contributed by atoms with van der Waals surface area (Å²) in [6.07, 6.45) is -0.0208. The van der Waals surface area contributed by atoms with E-state index in [-0.39, 0.29) is 12.6 Å². The minimum atomic E-state index is -0.634. The van der Waals surface area contributed by atoms with Crippen LogP contribution >= 0.6 is 11.6 Å². The standard InChI is InChI=1S/C11H16ClNO2/c1-15-7-11(14)10(13)6-8-2-4-9(12)5-3-8/h2-5,10-11,14H,6-7,13H2,1H3. The van der Waals surface area contributed by atoms with Crippen LogP contribution in [0.2, 0.25) is 5.02 Å². The molecule has 4 heteroatoms. The maximum absolute atomic E-state index is 9.56. The Hall–Kier alpha value is -0.610. The molecule has 0 saturated carbocycles. The molecule has 3 N–H and O–H groups in total. The number of rotatable bonds is 5. The fourth-order valence-corrected chi connectivity index (χ4v) is 1.45. The molecule has 0 spiro atoms. The van der Waals surface area contributed by atoms with Crippen LogP contribution in [-0.2, 0) is 11.2 Å². The molecule has 0 bridgehead atoms. The SMILES string of the molecule is COCC(O)C(N)Cc1ccc(Cl)cc1. The van der Waals surface area contributed by atoms with Gasteiger partial charge in [0.25, 0.3) is 0 Å². The average Bonchev–Trinajstić information content (AvgIpc) is 2.22. The van der Waals surface area contributed by atoms with Gasteiger partial charge in [-0.1, -0.05) is 23.7 Å². The molecule has 15 heavy (non-hydrogen) atoms. The lowest BCUT2D eigenvalue weighted by Crippen LogP contribution is -2.39. The summed E-state index contributed by atoms with van der Waals surface area (Å²) >= 11 is 5.76. The zero-order valence-corrected chi connectivity index (χ0v) is 9.45. The summed E-state index contributed by atoms with van der Waals surface area (Å²) in [5.74, 6) is 0. The highest BCUT2D eigenvalue weighted by atomic mass is 35.5. The molecule has 2 unspecified atom stereocenters. The van der Waals surface area contributed by atoms with E-state index in [2.05, 4.69) is 0 Å². The largest absolute Gasteiger partial charge is 0.389 e. The van der Waals surface area contributed by atoms with Gasteiger partial charge in [-0.25, -0.2) is 0 Å². The first-order valence-electron chi connectivity index (χ1n) is 4.80. The van der Waals surface area contributed by atoms with Gasteiger partial charge in [0.15, 0.2) is 0 Å². The van der Waals surface area contributed by atoms with Crippen LogP contribution in [0, 0.1) is 0 Å². The highest BCUT2D eigenvalue weighted by Gasteiger charge is 2.14. The molecular formula is C11H16ClNO2. The quantitative estimate of drug-likeness (QED) is 0.798. The van der Waals surface area contributed by atoms with Crippen molar-refractivity contribution in [2.24, 2.45) is 5.73 Å². The molecular weight excluding hydrogens is 214 g/mol.